The quantitative estimate of drug-likeness (QED) is 0.399. The number of carbonyl (C=O) groups is 1. The third-order valence-corrected chi connectivity index (χ3v) is 3.05. The molecule has 0 N–H and O–H groups in total. The van der Waals surface area contributed by atoms with Crippen LogP contribution in [0.15, 0.2) is 36.9 Å². The van der Waals surface area contributed by atoms with Crippen molar-refractivity contribution in [2.24, 2.45) is 0 Å². The van der Waals surface area contributed by atoms with Gasteiger partial charge in [0.05, 0.1) is 6.61 Å². The van der Waals surface area contributed by atoms with Gasteiger partial charge in [-0.05, 0) is 30.5 Å². The summed E-state index contributed by atoms with van der Waals surface area (Å²) in [6.07, 6.45) is 5.81. The molecule has 0 amide bonds. The summed E-state index contributed by atoms with van der Waals surface area (Å²) in [5, 5.41) is 0. The highest BCUT2D eigenvalue weighted by Gasteiger charge is 2.07. The minimum Gasteiger partial charge on any atom is -0.466 e. The summed E-state index contributed by atoms with van der Waals surface area (Å²) in [4.78, 5) is 10.6. The van der Waals surface area contributed by atoms with Crippen LogP contribution in [0.3, 0.4) is 0 Å². The summed E-state index contributed by atoms with van der Waals surface area (Å²) in [5.74, 6) is -0.183. The van der Waals surface area contributed by atoms with Crippen molar-refractivity contribution in [2.45, 2.75) is 38.5 Å². The molecule has 1 atom stereocenters. The first-order chi connectivity index (χ1) is 9.13. The number of ether oxygens (including phenoxy) is 1. The summed E-state index contributed by atoms with van der Waals surface area (Å²) in [6, 6.07) is 6.57. The Bertz CT molecular complexity index is 398. The van der Waals surface area contributed by atoms with E-state index in [0.29, 0.717) is 6.61 Å². The lowest BCUT2D eigenvalue weighted by Gasteiger charge is -2.12. The number of rotatable bonds is 8. The zero-order valence-corrected chi connectivity index (χ0v) is 11.4. The molecule has 0 aliphatic rings. The second kappa shape index (κ2) is 8.46. The molecular weight excluding hydrogens is 243 g/mol. The molecule has 1 unspecified atom stereocenters. The van der Waals surface area contributed by atoms with Crippen molar-refractivity contribution >= 4 is 5.97 Å². The average molecular weight is 264 g/mol. The van der Waals surface area contributed by atoms with Crippen molar-refractivity contribution < 1.29 is 13.9 Å². The fraction of sp³-hybridized carbons (Fsp3) is 0.438. The molecule has 0 bridgehead atoms. The Hall–Kier alpha value is -1.64. The van der Waals surface area contributed by atoms with Crippen LogP contribution in [0.1, 0.15) is 44.1 Å². The van der Waals surface area contributed by atoms with Gasteiger partial charge in [-0.15, -0.1) is 6.58 Å². The third-order valence-electron chi connectivity index (χ3n) is 3.05. The molecule has 0 saturated heterocycles. The Morgan fingerprint density at radius 1 is 1.32 bits per heavy atom. The standard InChI is InChI=1S/C16H21FO2/c1-3-14(15-8-10-16(17)11-9-15)7-5-4-6-12-19-13(2)18/h3,8-11,14H,1,4-7,12H2,2H3. The molecule has 0 saturated carbocycles. The Balaban J connectivity index is 2.27. The van der Waals surface area contributed by atoms with Gasteiger partial charge in [-0.1, -0.05) is 31.1 Å². The van der Waals surface area contributed by atoms with E-state index in [1.54, 1.807) is 12.1 Å². The van der Waals surface area contributed by atoms with Crippen LogP contribution in [0.4, 0.5) is 4.39 Å². The van der Waals surface area contributed by atoms with E-state index in [4.69, 9.17) is 4.74 Å². The van der Waals surface area contributed by atoms with E-state index in [1.807, 2.05) is 6.08 Å². The maximum absolute atomic E-state index is 12.8. The first kappa shape index (κ1) is 15.4. The molecule has 1 rings (SSSR count). The monoisotopic (exact) mass is 264 g/mol. The third kappa shape index (κ3) is 6.18. The molecule has 0 radical (unpaired) electrons. The van der Waals surface area contributed by atoms with Crippen LogP contribution in [0.25, 0.3) is 0 Å². The summed E-state index contributed by atoms with van der Waals surface area (Å²) in [6.45, 7) is 5.74. The number of unbranched alkanes of at least 4 members (excludes halogenated alkanes) is 2. The molecule has 0 fully saturated rings. The van der Waals surface area contributed by atoms with Gasteiger partial charge in [0, 0.05) is 12.8 Å². The van der Waals surface area contributed by atoms with Gasteiger partial charge in [0.15, 0.2) is 0 Å². The van der Waals surface area contributed by atoms with Gasteiger partial charge < -0.3 is 4.74 Å². The highest BCUT2D eigenvalue weighted by molar-refractivity contribution is 5.65. The van der Waals surface area contributed by atoms with Gasteiger partial charge in [-0.25, -0.2) is 4.39 Å². The van der Waals surface area contributed by atoms with Gasteiger partial charge in [0.1, 0.15) is 5.82 Å². The number of benzene rings is 1. The summed E-state index contributed by atoms with van der Waals surface area (Å²) in [7, 11) is 0. The van der Waals surface area contributed by atoms with Crippen LogP contribution in [-0.2, 0) is 9.53 Å². The Kier molecular flexibility index (Phi) is 6.86. The minimum absolute atomic E-state index is 0.215. The van der Waals surface area contributed by atoms with Crippen molar-refractivity contribution in [1.82, 2.24) is 0 Å². The molecule has 2 nitrogen and oxygen atoms in total. The largest absolute Gasteiger partial charge is 0.466 e. The Morgan fingerprint density at radius 3 is 2.58 bits per heavy atom. The molecule has 0 heterocycles. The van der Waals surface area contributed by atoms with Crippen LogP contribution in [-0.4, -0.2) is 12.6 Å². The molecule has 1 aromatic rings. The van der Waals surface area contributed by atoms with Crippen molar-refractivity contribution in [3.63, 3.8) is 0 Å². The lowest BCUT2D eigenvalue weighted by Crippen LogP contribution is -2.01. The Labute approximate surface area is 114 Å². The molecule has 1 aromatic carbocycles. The number of hydrogen-bond acceptors (Lipinski definition) is 2. The van der Waals surface area contributed by atoms with Crippen molar-refractivity contribution in [1.29, 1.82) is 0 Å². The minimum atomic E-state index is -0.227. The smallest absolute Gasteiger partial charge is 0.302 e. The fourth-order valence-electron chi connectivity index (χ4n) is 1.99. The molecular formula is C16H21FO2. The molecule has 0 aromatic heterocycles. The first-order valence-electron chi connectivity index (χ1n) is 6.65. The van der Waals surface area contributed by atoms with E-state index < -0.39 is 0 Å². The van der Waals surface area contributed by atoms with E-state index >= 15 is 0 Å². The van der Waals surface area contributed by atoms with E-state index in [1.165, 1.54) is 19.1 Å². The number of carbonyl (C=O) groups excluding carboxylic acids is 1. The van der Waals surface area contributed by atoms with Crippen molar-refractivity contribution in [2.75, 3.05) is 6.61 Å². The van der Waals surface area contributed by atoms with Crippen molar-refractivity contribution in [3.05, 3.63) is 48.3 Å². The number of halogens is 1. The molecule has 0 aliphatic heterocycles. The predicted octanol–water partition coefficient (Wildman–Crippen LogP) is 4.22. The number of allylic oxidation sites excluding steroid dienone is 1. The van der Waals surface area contributed by atoms with Gasteiger partial charge in [-0.2, -0.15) is 0 Å². The van der Waals surface area contributed by atoms with Gasteiger partial charge in [0.2, 0.25) is 0 Å². The lowest BCUT2D eigenvalue weighted by molar-refractivity contribution is -0.141. The molecule has 104 valence electrons. The number of hydrogen-bond donors (Lipinski definition) is 0. The molecule has 0 spiro atoms. The second-order valence-corrected chi connectivity index (χ2v) is 4.58. The molecule has 3 heteroatoms. The zero-order chi connectivity index (χ0) is 14.1. The summed E-state index contributed by atoms with van der Waals surface area (Å²) in [5.41, 5.74) is 1.09. The SMILES string of the molecule is C=CC(CCCCCOC(C)=O)c1ccc(F)cc1. The van der Waals surface area contributed by atoms with Crippen molar-refractivity contribution in [3.8, 4) is 0 Å². The second-order valence-electron chi connectivity index (χ2n) is 4.58. The van der Waals surface area contributed by atoms with Crippen LogP contribution >= 0.6 is 0 Å². The zero-order valence-electron chi connectivity index (χ0n) is 11.4. The predicted molar refractivity (Wildman–Crippen MR) is 74.4 cm³/mol. The van der Waals surface area contributed by atoms with Gasteiger partial charge in [0.25, 0.3) is 0 Å². The topological polar surface area (TPSA) is 26.3 Å². The molecule has 19 heavy (non-hydrogen) atoms. The first-order valence-corrected chi connectivity index (χ1v) is 6.65. The summed E-state index contributed by atoms with van der Waals surface area (Å²) < 4.78 is 17.7. The maximum Gasteiger partial charge on any atom is 0.302 e. The van der Waals surface area contributed by atoms with Crippen LogP contribution in [0.2, 0.25) is 0 Å². The highest BCUT2D eigenvalue weighted by Crippen LogP contribution is 2.23. The highest BCUT2D eigenvalue weighted by atomic mass is 19.1. The fourth-order valence-corrected chi connectivity index (χ4v) is 1.99. The van der Waals surface area contributed by atoms with Gasteiger partial charge in [-0.3, -0.25) is 4.79 Å². The van der Waals surface area contributed by atoms with Crippen LogP contribution in [0.5, 0.6) is 0 Å². The normalized spacial score (nSPS) is 11.9. The van der Waals surface area contributed by atoms with Gasteiger partial charge >= 0.3 is 5.97 Å². The maximum atomic E-state index is 12.8. The molecule has 0 aliphatic carbocycles. The number of esters is 1. The summed E-state index contributed by atoms with van der Waals surface area (Å²) >= 11 is 0. The average Bonchev–Trinajstić information content (AvgIpc) is 2.39. The van der Waals surface area contributed by atoms with Crippen LogP contribution < -0.4 is 0 Å². The van der Waals surface area contributed by atoms with E-state index in [9.17, 15) is 9.18 Å². The lowest BCUT2D eigenvalue weighted by atomic mass is 9.93. The van der Waals surface area contributed by atoms with Crippen LogP contribution in [0, 0.1) is 5.82 Å². The van der Waals surface area contributed by atoms with E-state index in [-0.39, 0.29) is 17.7 Å². The Morgan fingerprint density at radius 2 is 2.00 bits per heavy atom. The van der Waals surface area contributed by atoms with E-state index in [0.717, 1.165) is 31.2 Å². The van der Waals surface area contributed by atoms with E-state index in [2.05, 4.69) is 6.58 Å².